The van der Waals surface area contributed by atoms with Crippen LogP contribution in [0.1, 0.15) is 68.7 Å². The number of nitrogens with zero attached hydrogens (tertiary/aromatic N) is 5. The summed E-state index contributed by atoms with van der Waals surface area (Å²) in [6, 6.07) is 10.5. The Kier molecular flexibility index (Phi) is 6.29. The molecule has 3 heterocycles. The van der Waals surface area contributed by atoms with Crippen LogP contribution >= 0.6 is 0 Å². The third-order valence-corrected chi connectivity index (χ3v) is 8.52. The number of ether oxygens (including phenoxy) is 3. The number of anilines is 3. The summed E-state index contributed by atoms with van der Waals surface area (Å²) >= 11 is 0. The first-order valence-electron chi connectivity index (χ1n) is 14.6. The first-order valence-corrected chi connectivity index (χ1v) is 14.6. The van der Waals surface area contributed by atoms with Crippen molar-refractivity contribution in [1.29, 1.82) is 0 Å². The van der Waals surface area contributed by atoms with E-state index in [0.29, 0.717) is 51.9 Å². The molecule has 45 heavy (non-hydrogen) atoms. The van der Waals surface area contributed by atoms with E-state index in [1.165, 1.54) is 18.9 Å². The Bertz CT molecular complexity index is 1910. The molecule has 7 rings (SSSR count). The fourth-order valence-corrected chi connectivity index (χ4v) is 6.20. The molecule has 13 heteroatoms. The highest BCUT2D eigenvalue weighted by molar-refractivity contribution is 6.22. The smallest absolute Gasteiger partial charge is 0.435 e. The van der Waals surface area contributed by atoms with E-state index in [0.717, 1.165) is 29.0 Å². The Morgan fingerprint density at radius 3 is 2.51 bits per heavy atom. The van der Waals surface area contributed by atoms with Crippen molar-refractivity contribution >= 4 is 46.3 Å². The third-order valence-electron chi connectivity index (χ3n) is 8.52. The second-order valence-corrected chi connectivity index (χ2v) is 12.6. The van der Waals surface area contributed by atoms with Gasteiger partial charge in [0.1, 0.15) is 11.4 Å². The molecular weight excluding hydrogens is 580 g/mol. The average molecular weight is 613 g/mol. The van der Waals surface area contributed by atoms with Crippen LogP contribution in [0.15, 0.2) is 42.6 Å². The van der Waals surface area contributed by atoms with Gasteiger partial charge in [-0.25, -0.2) is 24.5 Å². The molecule has 2 aliphatic carbocycles. The number of imide groups is 1. The molecule has 2 aromatic heterocycles. The monoisotopic (exact) mass is 612 g/mol. The number of fused-ring (bicyclic) bond motifs is 3. The zero-order valence-corrected chi connectivity index (χ0v) is 25.5. The first kappa shape index (κ1) is 28.6. The number of methoxy groups -OCH3 is 2. The zero-order chi connectivity index (χ0) is 31.8. The fraction of sp³-hybridized carbons (Fsp3) is 0.375. The van der Waals surface area contributed by atoms with Gasteiger partial charge in [0.25, 0.3) is 5.88 Å². The second-order valence-electron chi connectivity index (χ2n) is 12.6. The predicted octanol–water partition coefficient (Wildman–Crippen LogP) is 5.70. The molecule has 0 bridgehead atoms. The molecule has 2 aromatic carbocycles. The van der Waals surface area contributed by atoms with Gasteiger partial charge >= 0.3 is 12.2 Å². The summed E-state index contributed by atoms with van der Waals surface area (Å²) in [5.74, 6) is 1.03. The van der Waals surface area contributed by atoms with Crippen LogP contribution in [0.5, 0.6) is 11.6 Å². The van der Waals surface area contributed by atoms with Crippen LogP contribution in [0.25, 0.3) is 10.9 Å². The molecule has 2 amide bonds. The Morgan fingerprint density at radius 1 is 1.07 bits per heavy atom. The number of rotatable bonds is 6. The summed E-state index contributed by atoms with van der Waals surface area (Å²) < 4.78 is 17.7. The summed E-state index contributed by atoms with van der Waals surface area (Å²) in [6.07, 6.45) is 2.18. The van der Waals surface area contributed by atoms with Gasteiger partial charge < -0.3 is 24.6 Å². The van der Waals surface area contributed by atoms with Gasteiger partial charge in [-0.3, -0.25) is 4.79 Å². The number of benzene rings is 2. The van der Waals surface area contributed by atoms with Crippen LogP contribution in [0.3, 0.4) is 0 Å². The van der Waals surface area contributed by atoms with Crippen molar-refractivity contribution in [3.05, 3.63) is 59.4 Å². The number of aromatic nitrogens is 4. The number of amides is 2. The summed E-state index contributed by atoms with van der Waals surface area (Å²) in [7, 11) is 3.02. The number of hydrogen-bond donors (Lipinski definition) is 2. The largest absolute Gasteiger partial charge is 0.497 e. The lowest BCUT2D eigenvalue weighted by atomic mass is 9.91. The topological polar surface area (TPSA) is 158 Å². The van der Waals surface area contributed by atoms with Crippen molar-refractivity contribution in [2.45, 2.75) is 62.9 Å². The number of carboxylic acid groups (broad SMARTS) is 1. The van der Waals surface area contributed by atoms with Gasteiger partial charge in [0.15, 0.2) is 11.6 Å². The molecule has 3 aliphatic rings. The first-order chi connectivity index (χ1) is 21.4. The van der Waals surface area contributed by atoms with Crippen LogP contribution in [-0.2, 0) is 14.9 Å². The van der Waals surface area contributed by atoms with Gasteiger partial charge in [0.05, 0.1) is 42.7 Å². The molecule has 2 fully saturated rings. The molecule has 232 valence electrons. The molecule has 1 spiro atoms. The van der Waals surface area contributed by atoms with Crippen molar-refractivity contribution < 1.29 is 33.7 Å². The highest BCUT2D eigenvalue weighted by Crippen LogP contribution is 2.67. The van der Waals surface area contributed by atoms with Crippen LogP contribution in [-0.4, -0.2) is 62.8 Å². The Labute approximate surface area is 258 Å². The molecule has 0 unspecified atom stereocenters. The van der Waals surface area contributed by atoms with Gasteiger partial charge in [-0.1, -0.05) is 6.07 Å². The van der Waals surface area contributed by atoms with E-state index >= 15 is 0 Å². The molecule has 2 N–H and O–H groups in total. The number of carbonyl (C=O) groups excluding carboxylic acids is 2. The molecule has 2 atom stereocenters. The highest BCUT2D eigenvalue weighted by Gasteiger charge is 2.68. The van der Waals surface area contributed by atoms with E-state index in [4.69, 9.17) is 19.2 Å². The van der Waals surface area contributed by atoms with Gasteiger partial charge in [-0.2, -0.15) is 4.68 Å². The quantitative estimate of drug-likeness (QED) is 0.275. The zero-order valence-electron chi connectivity index (χ0n) is 25.5. The highest BCUT2D eigenvalue weighted by atomic mass is 16.6. The summed E-state index contributed by atoms with van der Waals surface area (Å²) in [6.45, 7) is 5.31. The van der Waals surface area contributed by atoms with E-state index in [-0.39, 0.29) is 11.8 Å². The summed E-state index contributed by atoms with van der Waals surface area (Å²) in [5, 5.41) is 18.3. The van der Waals surface area contributed by atoms with Gasteiger partial charge in [0, 0.05) is 17.2 Å². The molecule has 1 aliphatic heterocycles. The lowest BCUT2D eigenvalue weighted by Crippen LogP contribution is -2.36. The SMILES string of the molecule is COc1ccc2c(c1)[C@]1(C[C@H]1c1ccc3c(Nc4nc(C5CC5)cnc4OC)nn(C(=O)OC(C)(C)C)c3c1)C(=O)N2C(=O)O. The van der Waals surface area contributed by atoms with Crippen LogP contribution in [0.4, 0.5) is 26.9 Å². The van der Waals surface area contributed by atoms with Gasteiger partial charge in [-0.05, 0) is 81.5 Å². The minimum atomic E-state index is -1.34. The molecular formula is C32H32N6O7. The number of carbonyl (C=O) groups is 3. The maximum absolute atomic E-state index is 13.7. The Hall–Kier alpha value is -5.20. The molecule has 2 saturated carbocycles. The van der Waals surface area contributed by atoms with Crippen molar-refractivity contribution in [2.75, 3.05) is 24.4 Å². The normalized spacial score (nSPS) is 20.3. The van der Waals surface area contributed by atoms with Crippen molar-refractivity contribution in [2.24, 2.45) is 0 Å². The number of hydrogen-bond acceptors (Lipinski definition) is 10. The summed E-state index contributed by atoms with van der Waals surface area (Å²) in [4.78, 5) is 49.2. The fourth-order valence-electron chi connectivity index (χ4n) is 6.20. The van der Waals surface area contributed by atoms with E-state index in [1.807, 2.05) is 12.1 Å². The second kappa shape index (κ2) is 9.91. The number of nitrogens with one attached hydrogen (secondary N) is 1. The molecule has 0 saturated heterocycles. The van der Waals surface area contributed by atoms with Gasteiger partial charge in [-0.15, -0.1) is 5.10 Å². The van der Waals surface area contributed by atoms with Crippen molar-refractivity contribution in [1.82, 2.24) is 19.7 Å². The lowest BCUT2D eigenvalue weighted by molar-refractivity contribution is -0.119. The lowest BCUT2D eigenvalue weighted by Gasteiger charge is -2.19. The minimum absolute atomic E-state index is 0.285. The van der Waals surface area contributed by atoms with Crippen LogP contribution in [0, 0.1) is 0 Å². The Morgan fingerprint density at radius 2 is 1.84 bits per heavy atom. The van der Waals surface area contributed by atoms with E-state index < -0.39 is 29.1 Å². The van der Waals surface area contributed by atoms with E-state index in [9.17, 15) is 19.5 Å². The van der Waals surface area contributed by atoms with Crippen molar-refractivity contribution in [3.8, 4) is 11.6 Å². The van der Waals surface area contributed by atoms with Crippen LogP contribution in [0.2, 0.25) is 0 Å². The third kappa shape index (κ3) is 4.61. The summed E-state index contributed by atoms with van der Waals surface area (Å²) in [5.41, 5.74) is 1.12. The molecule has 13 nitrogen and oxygen atoms in total. The minimum Gasteiger partial charge on any atom is -0.497 e. The molecule has 0 radical (unpaired) electrons. The van der Waals surface area contributed by atoms with Gasteiger partial charge in [0.2, 0.25) is 5.91 Å². The predicted molar refractivity (Wildman–Crippen MR) is 163 cm³/mol. The average Bonchev–Trinajstić information content (AvgIpc) is 3.92. The van der Waals surface area contributed by atoms with E-state index in [2.05, 4.69) is 15.4 Å². The van der Waals surface area contributed by atoms with Crippen LogP contribution < -0.4 is 19.7 Å². The van der Waals surface area contributed by atoms with Crippen molar-refractivity contribution in [3.63, 3.8) is 0 Å². The molecule has 4 aromatic rings. The van der Waals surface area contributed by atoms with E-state index in [1.54, 1.807) is 51.2 Å². The standard InChI is InChI=1S/C32H32N6O7/c1-31(2,3)45-30(42)38-24-12-17(21-14-32(21)20-13-18(43-4)9-11-23(20)37(28(32)39)29(40)41)8-10-19(24)25(36-38)35-26-27(44-5)33-15-22(34-26)16-6-7-16/h8-13,15-16,21H,6-7,14H2,1-5H3,(H,40,41)(H,34,35,36)/t21-,32-/m0/s1. The maximum atomic E-state index is 13.7. The Balaban J connectivity index is 1.32. The maximum Gasteiger partial charge on any atom is 0.435 e.